The number of hydrogen-bond acceptors (Lipinski definition) is 4. The zero-order valence-electron chi connectivity index (χ0n) is 10.7. The highest BCUT2D eigenvalue weighted by molar-refractivity contribution is 5.91. The Balaban J connectivity index is 2.22. The van der Waals surface area contributed by atoms with E-state index in [0.717, 1.165) is 12.8 Å². The van der Waals surface area contributed by atoms with Crippen LogP contribution in [0.25, 0.3) is 0 Å². The highest BCUT2D eigenvalue weighted by Crippen LogP contribution is 2.29. The number of aromatic carboxylic acids is 1. The van der Waals surface area contributed by atoms with E-state index in [9.17, 15) is 9.18 Å². The van der Waals surface area contributed by atoms with Crippen molar-refractivity contribution in [3.63, 3.8) is 0 Å². The smallest absolute Gasteiger partial charge is 0.338 e. The van der Waals surface area contributed by atoms with Crippen molar-refractivity contribution in [1.29, 1.82) is 0 Å². The lowest BCUT2D eigenvalue weighted by molar-refractivity contribution is 0.0692. The van der Waals surface area contributed by atoms with E-state index in [1.54, 1.807) is 7.11 Å². The summed E-state index contributed by atoms with van der Waals surface area (Å²) in [5.41, 5.74) is 6.27. The molecule has 1 aromatic rings. The first-order valence-corrected chi connectivity index (χ1v) is 6.13. The molecule has 0 radical (unpaired) electrons. The Kier molecular flexibility index (Phi) is 3.90. The molecule has 0 unspecified atom stereocenters. The lowest BCUT2D eigenvalue weighted by Gasteiger charge is -2.33. The minimum atomic E-state index is -1.31. The van der Waals surface area contributed by atoms with Crippen LogP contribution in [0.4, 0.5) is 15.8 Å². The van der Waals surface area contributed by atoms with E-state index in [4.69, 9.17) is 15.6 Å². The number of nitrogen functional groups attached to an aromatic ring is 1. The van der Waals surface area contributed by atoms with Crippen LogP contribution in [0.1, 0.15) is 23.2 Å². The summed E-state index contributed by atoms with van der Waals surface area (Å²) in [6, 6.07) is 2.38. The van der Waals surface area contributed by atoms with Crippen LogP contribution in [0.3, 0.4) is 0 Å². The minimum Gasteiger partial charge on any atom is -0.478 e. The predicted octanol–water partition coefficient (Wildman–Crippen LogP) is 1.72. The molecule has 0 amide bonds. The van der Waals surface area contributed by atoms with Crippen molar-refractivity contribution in [2.24, 2.45) is 0 Å². The Morgan fingerprint density at radius 2 is 2.11 bits per heavy atom. The van der Waals surface area contributed by atoms with Crippen LogP contribution in [-0.2, 0) is 4.74 Å². The van der Waals surface area contributed by atoms with E-state index < -0.39 is 17.3 Å². The first-order valence-electron chi connectivity index (χ1n) is 6.13. The first kappa shape index (κ1) is 13.6. The second-order valence-corrected chi connectivity index (χ2v) is 4.62. The highest BCUT2D eigenvalue weighted by Gasteiger charge is 2.22. The SMILES string of the molecule is COC1CCN(c2cc(F)c(C(=O)O)cc2N)CC1. The Hall–Kier alpha value is -1.82. The van der Waals surface area contributed by atoms with E-state index in [0.29, 0.717) is 18.8 Å². The number of ether oxygens (including phenoxy) is 1. The fraction of sp³-hybridized carbons (Fsp3) is 0.462. The van der Waals surface area contributed by atoms with E-state index in [1.807, 2.05) is 4.90 Å². The van der Waals surface area contributed by atoms with Crippen LogP contribution < -0.4 is 10.6 Å². The highest BCUT2D eigenvalue weighted by atomic mass is 19.1. The van der Waals surface area contributed by atoms with Gasteiger partial charge in [0.05, 0.1) is 23.0 Å². The molecule has 1 heterocycles. The van der Waals surface area contributed by atoms with Crippen molar-refractivity contribution < 1.29 is 19.0 Å². The fourth-order valence-corrected chi connectivity index (χ4v) is 2.35. The van der Waals surface area contributed by atoms with Gasteiger partial charge in [-0.1, -0.05) is 0 Å². The number of carboxylic acid groups (broad SMARTS) is 1. The third kappa shape index (κ3) is 2.78. The average molecular weight is 268 g/mol. The number of carboxylic acids is 1. The molecule has 1 fully saturated rings. The van der Waals surface area contributed by atoms with Crippen molar-refractivity contribution in [2.75, 3.05) is 30.8 Å². The molecule has 0 aliphatic carbocycles. The number of methoxy groups -OCH3 is 1. The van der Waals surface area contributed by atoms with Gasteiger partial charge in [0.1, 0.15) is 5.82 Å². The van der Waals surface area contributed by atoms with Crippen LogP contribution in [0.5, 0.6) is 0 Å². The largest absolute Gasteiger partial charge is 0.478 e. The second kappa shape index (κ2) is 5.44. The molecule has 104 valence electrons. The van der Waals surface area contributed by atoms with Gasteiger partial charge in [-0.3, -0.25) is 0 Å². The summed E-state index contributed by atoms with van der Waals surface area (Å²) in [5.74, 6) is -2.07. The predicted molar refractivity (Wildman–Crippen MR) is 70.0 cm³/mol. The molecule has 0 aromatic heterocycles. The molecule has 5 nitrogen and oxygen atoms in total. The van der Waals surface area contributed by atoms with Gasteiger partial charge in [0.2, 0.25) is 0 Å². The molecule has 1 aromatic carbocycles. The van der Waals surface area contributed by atoms with Gasteiger partial charge >= 0.3 is 5.97 Å². The fourth-order valence-electron chi connectivity index (χ4n) is 2.35. The van der Waals surface area contributed by atoms with Crippen LogP contribution in [0.15, 0.2) is 12.1 Å². The number of hydrogen-bond donors (Lipinski definition) is 2. The lowest BCUT2D eigenvalue weighted by atomic mass is 10.1. The summed E-state index contributed by atoms with van der Waals surface area (Å²) in [6.45, 7) is 1.43. The monoisotopic (exact) mass is 268 g/mol. The van der Waals surface area contributed by atoms with Gasteiger partial charge in [-0.2, -0.15) is 0 Å². The molecule has 0 bridgehead atoms. The topological polar surface area (TPSA) is 75.8 Å². The molecule has 19 heavy (non-hydrogen) atoms. The second-order valence-electron chi connectivity index (χ2n) is 4.62. The maximum absolute atomic E-state index is 13.7. The van der Waals surface area contributed by atoms with Crippen molar-refractivity contribution in [3.8, 4) is 0 Å². The molecule has 0 spiro atoms. The van der Waals surface area contributed by atoms with Crippen molar-refractivity contribution in [1.82, 2.24) is 0 Å². The molecule has 1 saturated heterocycles. The number of anilines is 2. The zero-order chi connectivity index (χ0) is 14.0. The Morgan fingerprint density at radius 1 is 1.47 bits per heavy atom. The molecule has 1 aliphatic heterocycles. The number of nitrogens with zero attached hydrogens (tertiary/aromatic N) is 1. The molecule has 1 aliphatic rings. The van der Waals surface area contributed by atoms with E-state index in [1.165, 1.54) is 12.1 Å². The molecular weight excluding hydrogens is 251 g/mol. The summed E-state index contributed by atoms with van der Waals surface area (Å²) < 4.78 is 19.0. The third-order valence-electron chi connectivity index (χ3n) is 3.46. The number of benzene rings is 1. The molecule has 0 saturated carbocycles. The lowest BCUT2D eigenvalue weighted by Crippen LogP contribution is -2.37. The van der Waals surface area contributed by atoms with Crippen molar-refractivity contribution in [2.45, 2.75) is 18.9 Å². The van der Waals surface area contributed by atoms with Gasteiger partial charge < -0.3 is 20.5 Å². The van der Waals surface area contributed by atoms with Crippen LogP contribution >= 0.6 is 0 Å². The summed E-state index contributed by atoms with van der Waals surface area (Å²) in [4.78, 5) is 12.8. The average Bonchev–Trinajstić information content (AvgIpc) is 2.41. The Bertz CT molecular complexity index is 485. The first-order chi connectivity index (χ1) is 9.02. The molecule has 3 N–H and O–H groups in total. The molecule has 6 heteroatoms. The van der Waals surface area contributed by atoms with Gasteiger partial charge in [-0.05, 0) is 18.9 Å². The van der Waals surface area contributed by atoms with E-state index in [-0.39, 0.29) is 11.8 Å². The standard InChI is InChI=1S/C13H17FN2O3/c1-19-8-2-4-16(5-3-8)12-7-10(14)9(13(17)18)6-11(12)15/h6-8H,2-5,15H2,1H3,(H,17,18). The third-order valence-corrected chi connectivity index (χ3v) is 3.46. The number of halogens is 1. The summed E-state index contributed by atoms with van der Waals surface area (Å²) >= 11 is 0. The number of piperidine rings is 1. The number of carbonyl (C=O) groups is 1. The van der Waals surface area contributed by atoms with Crippen molar-refractivity contribution >= 4 is 17.3 Å². The van der Waals surface area contributed by atoms with Gasteiger partial charge in [0.25, 0.3) is 0 Å². The van der Waals surface area contributed by atoms with Gasteiger partial charge in [0, 0.05) is 26.3 Å². The van der Waals surface area contributed by atoms with E-state index in [2.05, 4.69) is 0 Å². The number of rotatable bonds is 3. The number of nitrogens with two attached hydrogens (primary N) is 1. The van der Waals surface area contributed by atoms with Crippen LogP contribution in [0, 0.1) is 5.82 Å². The van der Waals surface area contributed by atoms with Gasteiger partial charge in [0.15, 0.2) is 0 Å². The maximum Gasteiger partial charge on any atom is 0.338 e. The normalized spacial score (nSPS) is 16.6. The van der Waals surface area contributed by atoms with Gasteiger partial charge in [-0.25, -0.2) is 9.18 Å². The molecule has 2 rings (SSSR count). The van der Waals surface area contributed by atoms with E-state index >= 15 is 0 Å². The Morgan fingerprint density at radius 3 is 2.63 bits per heavy atom. The zero-order valence-corrected chi connectivity index (χ0v) is 10.7. The molecule has 0 atom stereocenters. The summed E-state index contributed by atoms with van der Waals surface area (Å²) in [6.07, 6.45) is 1.91. The quantitative estimate of drug-likeness (QED) is 0.816. The minimum absolute atomic E-state index is 0.223. The van der Waals surface area contributed by atoms with Crippen LogP contribution in [-0.4, -0.2) is 37.4 Å². The molecular formula is C13H17FN2O3. The Labute approximate surface area is 110 Å². The van der Waals surface area contributed by atoms with Gasteiger partial charge in [-0.15, -0.1) is 0 Å². The summed E-state index contributed by atoms with van der Waals surface area (Å²) in [7, 11) is 1.68. The maximum atomic E-state index is 13.7. The van der Waals surface area contributed by atoms with Crippen LogP contribution in [0.2, 0.25) is 0 Å². The van der Waals surface area contributed by atoms with Crippen molar-refractivity contribution in [3.05, 3.63) is 23.5 Å². The summed E-state index contributed by atoms with van der Waals surface area (Å²) in [5, 5.41) is 8.83.